The number of hydrogen-bond donors (Lipinski definition) is 0. The molecule has 83 heavy (non-hydrogen) atoms. The van der Waals surface area contributed by atoms with Crippen LogP contribution in [0, 0.1) is 17.3 Å². The van der Waals surface area contributed by atoms with Crippen LogP contribution in [-0.2, 0) is 30.9 Å². The fraction of sp³-hybridized carbons (Fsp3) is 0.840. The van der Waals surface area contributed by atoms with Crippen LogP contribution in [0.3, 0.4) is 0 Å². The fourth-order valence-corrected chi connectivity index (χ4v) is 15.8. The van der Waals surface area contributed by atoms with Gasteiger partial charge in [-0.25, -0.2) is 0 Å². The molecule has 0 amide bonds. The van der Waals surface area contributed by atoms with E-state index in [2.05, 4.69) is 90.1 Å². The summed E-state index contributed by atoms with van der Waals surface area (Å²) >= 11 is 0. The molecule has 0 N–H and O–H groups in total. The van der Waals surface area contributed by atoms with Gasteiger partial charge in [0.05, 0.1) is 25.4 Å². The van der Waals surface area contributed by atoms with Crippen LogP contribution in [0.4, 0.5) is 0 Å². The molecule has 2 saturated carbocycles. The number of benzene rings is 2. The largest absolute Gasteiger partial charge is 0.463 e. The number of hydrogen-bond acceptors (Lipinski definition) is 6. The number of para-hydroxylation sites is 2. The van der Waals surface area contributed by atoms with Gasteiger partial charge in [0.25, 0.3) is 0 Å². The minimum Gasteiger partial charge on any atom is -0.417 e. The fourth-order valence-electron chi connectivity index (χ4n) is 13.4. The van der Waals surface area contributed by atoms with Crippen LogP contribution in [-0.4, -0.2) is 25.4 Å². The van der Waals surface area contributed by atoms with Gasteiger partial charge in [0.1, 0.15) is 11.5 Å². The predicted octanol–water partition coefficient (Wildman–Crippen LogP) is 26.6. The highest BCUT2D eigenvalue weighted by molar-refractivity contribution is 7.42. The zero-order chi connectivity index (χ0) is 58.9. The molecule has 2 fully saturated rings. The number of rotatable bonds is 56. The first-order valence-electron chi connectivity index (χ1n) is 36.6. The first kappa shape index (κ1) is 74.2. The lowest BCUT2D eigenvalue weighted by Gasteiger charge is -2.46. The molecule has 0 unspecified atom stereocenters. The molecule has 2 aliphatic rings. The van der Waals surface area contributed by atoms with Crippen LogP contribution in [0.25, 0.3) is 0 Å². The summed E-state index contributed by atoms with van der Waals surface area (Å²) in [5.41, 5.74) is 2.82. The van der Waals surface area contributed by atoms with Gasteiger partial charge in [-0.15, -0.1) is 0 Å². The Kier molecular flexibility index (Phi) is 45.2. The molecule has 6 nitrogen and oxygen atoms in total. The van der Waals surface area contributed by atoms with E-state index in [0.29, 0.717) is 11.8 Å². The second-order valence-electron chi connectivity index (χ2n) is 26.7. The highest BCUT2D eigenvalue weighted by Gasteiger charge is 2.42. The van der Waals surface area contributed by atoms with Crippen molar-refractivity contribution in [1.82, 2.24) is 0 Å². The van der Waals surface area contributed by atoms with E-state index in [-0.39, 0.29) is 17.6 Å². The summed E-state index contributed by atoms with van der Waals surface area (Å²) in [4.78, 5) is 0. The smallest absolute Gasteiger partial charge is 0.417 e. The van der Waals surface area contributed by atoms with E-state index in [4.69, 9.17) is 27.1 Å². The Morgan fingerprint density at radius 2 is 0.590 bits per heavy atom. The van der Waals surface area contributed by atoms with Gasteiger partial charge >= 0.3 is 17.2 Å². The molecule has 2 aromatic rings. The van der Waals surface area contributed by atoms with Crippen molar-refractivity contribution in [1.29, 1.82) is 0 Å². The molecule has 2 aliphatic carbocycles. The molecule has 0 spiro atoms. The zero-order valence-electron chi connectivity index (χ0n) is 55.5. The molecule has 0 saturated heterocycles. The molecule has 4 rings (SSSR count). The second kappa shape index (κ2) is 50.6. The molecule has 0 radical (unpaired) electrons. The van der Waals surface area contributed by atoms with E-state index >= 15 is 0 Å². The van der Waals surface area contributed by atoms with Crippen molar-refractivity contribution in [3.63, 3.8) is 0 Å². The molecule has 0 aliphatic heterocycles. The Labute approximate surface area is 518 Å². The highest BCUT2D eigenvalue weighted by Crippen LogP contribution is 2.53. The summed E-state index contributed by atoms with van der Waals surface area (Å²) in [6.45, 7) is 15.9. The highest BCUT2D eigenvalue weighted by atomic mass is 31.2. The Morgan fingerprint density at radius 3 is 0.904 bits per heavy atom. The van der Waals surface area contributed by atoms with Crippen LogP contribution in [0.15, 0.2) is 48.5 Å². The Hall–Kier alpha value is -1.26. The Balaban J connectivity index is 1.29. The molecular formula is C75H134O6P2. The lowest BCUT2D eigenvalue weighted by Crippen LogP contribution is -2.39. The van der Waals surface area contributed by atoms with Gasteiger partial charge in [-0.05, 0) is 130 Å². The van der Waals surface area contributed by atoms with Crippen molar-refractivity contribution in [2.45, 2.75) is 375 Å². The van der Waals surface area contributed by atoms with Crippen LogP contribution in [0.1, 0.15) is 361 Å². The Morgan fingerprint density at radius 1 is 0.325 bits per heavy atom. The standard InChI is InChI=1S/C75H134O6P2/c1-7-11-15-19-23-27-31-35-39-43-51-67-53-45-47-55-73(67)80-83(81-74-56-48-46-54-68(74)52-44-40-36-32-28-24-20-16-12-8-2)79-72-63-59-70(60-64-72)75(5,6)69-57-61-71(62-58-69)78-82(76-65-49-41-37-33-29-25-21-17-13-9-3)77-66-50-42-38-34-30-26-22-18-14-10-4/h45-48,53-56,69-72H,7-44,49-52,57-66H2,1-6H3. The zero-order valence-corrected chi connectivity index (χ0v) is 57.3. The molecule has 0 aromatic heterocycles. The van der Waals surface area contributed by atoms with Crippen molar-refractivity contribution in [2.24, 2.45) is 17.3 Å². The summed E-state index contributed by atoms with van der Waals surface area (Å²) in [5.74, 6) is 3.24. The van der Waals surface area contributed by atoms with Crippen molar-refractivity contribution in [3.05, 3.63) is 59.7 Å². The molecule has 0 heterocycles. The second-order valence-corrected chi connectivity index (χ2v) is 28.9. The van der Waals surface area contributed by atoms with Crippen molar-refractivity contribution < 1.29 is 27.1 Å². The molecular weight excluding hydrogens is 1060 g/mol. The topological polar surface area (TPSA) is 55.4 Å². The third-order valence-electron chi connectivity index (χ3n) is 19.2. The van der Waals surface area contributed by atoms with E-state index in [1.165, 1.54) is 281 Å². The monoisotopic (exact) mass is 1190 g/mol. The van der Waals surface area contributed by atoms with Gasteiger partial charge in [-0.3, -0.25) is 4.52 Å². The third-order valence-corrected chi connectivity index (χ3v) is 21.6. The van der Waals surface area contributed by atoms with E-state index < -0.39 is 17.2 Å². The maximum atomic E-state index is 7.10. The lowest BCUT2D eigenvalue weighted by atomic mass is 9.60. The van der Waals surface area contributed by atoms with Gasteiger partial charge in [-0.2, -0.15) is 0 Å². The van der Waals surface area contributed by atoms with Crippen molar-refractivity contribution in [2.75, 3.05) is 13.2 Å². The van der Waals surface area contributed by atoms with E-state index in [9.17, 15) is 0 Å². The summed E-state index contributed by atoms with van der Waals surface area (Å²) in [6, 6.07) is 17.4. The summed E-state index contributed by atoms with van der Waals surface area (Å²) in [7, 11) is -2.97. The number of aryl methyl sites for hydroxylation is 2. The van der Waals surface area contributed by atoms with Gasteiger partial charge < -0.3 is 22.6 Å². The maximum Gasteiger partial charge on any atom is 0.463 e. The summed E-state index contributed by atoms with van der Waals surface area (Å²) in [6.07, 6.45) is 65.1. The average Bonchev–Trinajstić information content (AvgIpc) is 3.67. The first-order valence-corrected chi connectivity index (χ1v) is 38.8. The van der Waals surface area contributed by atoms with Crippen LogP contribution < -0.4 is 9.05 Å². The van der Waals surface area contributed by atoms with Gasteiger partial charge in [0.2, 0.25) is 0 Å². The lowest BCUT2D eigenvalue weighted by molar-refractivity contribution is 0.00529. The summed E-state index contributed by atoms with van der Waals surface area (Å²) < 4.78 is 40.9. The van der Waals surface area contributed by atoms with E-state index in [1.54, 1.807) is 0 Å². The van der Waals surface area contributed by atoms with Crippen LogP contribution >= 0.6 is 17.2 Å². The van der Waals surface area contributed by atoms with E-state index in [1.807, 2.05) is 0 Å². The van der Waals surface area contributed by atoms with Gasteiger partial charge in [-0.1, -0.05) is 309 Å². The summed E-state index contributed by atoms with van der Waals surface area (Å²) in [5, 5.41) is 0. The number of unbranched alkanes of at least 4 members (excludes halogenated alkanes) is 36. The Bertz CT molecular complexity index is 1650. The third kappa shape index (κ3) is 35.5. The molecule has 0 bridgehead atoms. The average molecular weight is 1190 g/mol. The minimum absolute atomic E-state index is 0.125. The predicted molar refractivity (Wildman–Crippen MR) is 362 cm³/mol. The van der Waals surface area contributed by atoms with Gasteiger partial charge in [0.15, 0.2) is 0 Å². The molecule has 0 atom stereocenters. The van der Waals surface area contributed by atoms with Crippen LogP contribution in [0.2, 0.25) is 0 Å². The molecule has 480 valence electrons. The van der Waals surface area contributed by atoms with Crippen molar-refractivity contribution in [3.8, 4) is 11.5 Å². The normalized spacial score (nSPS) is 17.7. The maximum absolute atomic E-state index is 7.10. The van der Waals surface area contributed by atoms with Crippen molar-refractivity contribution >= 4 is 17.2 Å². The molecule has 8 heteroatoms. The van der Waals surface area contributed by atoms with Crippen LogP contribution in [0.5, 0.6) is 11.5 Å². The van der Waals surface area contributed by atoms with Gasteiger partial charge in [0, 0.05) is 0 Å². The first-order chi connectivity index (χ1) is 40.9. The quantitative estimate of drug-likeness (QED) is 0.0486. The minimum atomic E-state index is -1.66. The molecule has 2 aromatic carbocycles. The van der Waals surface area contributed by atoms with E-state index in [0.717, 1.165) is 76.1 Å². The SMILES string of the molecule is CCCCCCCCCCCCOP(OCCCCCCCCCCCC)OC1CCC(C(C)(C)C2CCC(OP(Oc3ccccc3CCCCCCCCCCCC)Oc3ccccc3CCCCCCCCCCCC)CC2)CC1.